The Hall–Kier alpha value is -0.400. The summed E-state index contributed by atoms with van der Waals surface area (Å²) in [7, 11) is -2.35. The van der Waals surface area contributed by atoms with Crippen LogP contribution < -0.4 is 4.74 Å². The Bertz CT molecular complexity index is 520. The number of ether oxygens (including phenoxy) is 1. The first-order valence-electron chi connectivity index (χ1n) is 4.51. The van der Waals surface area contributed by atoms with E-state index in [-0.39, 0.29) is 4.90 Å². The summed E-state index contributed by atoms with van der Waals surface area (Å²) in [4.78, 5) is 11.3. The summed E-state index contributed by atoms with van der Waals surface area (Å²) in [5.41, 5.74) is 0. The van der Waals surface area contributed by atoms with Crippen LogP contribution >= 0.6 is 31.9 Å². The molecule has 7 heteroatoms. The average Bonchev–Trinajstić information content (AvgIpc) is 2.28. The van der Waals surface area contributed by atoms with E-state index in [1.165, 1.54) is 38.3 Å². The Labute approximate surface area is 117 Å². The normalized spacial score (nSPS) is 12.2. The lowest BCUT2D eigenvalue weighted by atomic mass is 10.3. The van der Waals surface area contributed by atoms with Gasteiger partial charge in [-0.2, -0.15) is 0 Å². The smallest absolute Gasteiger partial charge is 0.242 e. The van der Waals surface area contributed by atoms with Gasteiger partial charge in [-0.25, -0.2) is 8.42 Å². The van der Waals surface area contributed by atoms with Crippen LogP contribution in [-0.2, 0) is 14.6 Å². The van der Waals surface area contributed by atoms with Crippen molar-refractivity contribution in [1.29, 1.82) is 0 Å². The van der Waals surface area contributed by atoms with E-state index in [4.69, 9.17) is 4.74 Å². The van der Waals surface area contributed by atoms with E-state index in [0.29, 0.717) is 5.75 Å². The molecule has 0 amide bonds. The molecule has 0 aliphatic rings. The maximum Gasteiger partial charge on any atom is 0.242 e. The molecule has 0 aromatic heterocycles. The van der Waals surface area contributed by atoms with Gasteiger partial charge in [0.05, 0.1) is 12.0 Å². The number of benzene rings is 1. The van der Waals surface area contributed by atoms with Gasteiger partial charge < -0.3 is 4.74 Å². The average molecular weight is 388 g/mol. The molecule has 1 rings (SSSR count). The van der Waals surface area contributed by atoms with Crippen LogP contribution in [0.15, 0.2) is 29.2 Å². The van der Waals surface area contributed by atoms with E-state index < -0.39 is 18.2 Å². The number of alkyl halides is 2. The van der Waals surface area contributed by atoms with Crippen molar-refractivity contribution < 1.29 is 17.9 Å². The Morgan fingerprint density at radius 1 is 1.24 bits per heavy atom. The van der Waals surface area contributed by atoms with Gasteiger partial charge in [-0.05, 0) is 63.0 Å². The van der Waals surface area contributed by atoms with Gasteiger partial charge >= 0.3 is 0 Å². The highest BCUT2D eigenvalue weighted by atomic mass is 79.9. The van der Waals surface area contributed by atoms with Crippen molar-refractivity contribution >= 4 is 47.5 Å². The second-order valence-corrected chi connectivity index (χ2v) is 9.84. The van der Waals surface area contributed by atoms with Crippen molar-refractivity contribution in [2.75, 3.05) is 7.11 Å². The molecule has 0 aliphatic carbocycles. The van der Waals surface area contributed by atoms with Crippen molar-refractivity contribution in [3.05, 3.63) is 24.3 Å². The second kappa shape index (κ2) is 5.07. The minimum Gasteiger partial charge on any atom is -0.497 e. The van der Waals surface area contributed by atoms with Crippen LogP contribution in [0.5, 0.6) is 5.75 Å². The minimum atomic E-state index is -3.83. The maximum absolute atomic E-state index is 12.1. The molecule has 0 saturated heterocycles. The molecular weight excluding hydrogens is 378 g/mol. The Balaban J connectivity index is 3.27. The van der Waals surface area contributed by atoms with Gasteiger partial charge in [0, 0.05) is 0 Å². The summed E-state index contributed by atoms with van der Waals surface area (Å²) in [6.07, 6.45) is 0. The molecule has 1 aromatic carbocycles. The molecule has 4 nitrogen and oxygen atoms in total. The van der Waals surface area contributed by atoms with E-state index in [2.05, 4.69) is 31.9 Å². The molecule has 1 aromatic rings. The van der Waals surface area contributed by atoms with Crippen LogP contribution in [0.3, 0.4) is 0 Å². The highest BCUT2D eigenvalue weighted by Gasteiger charge is 2.44. The van der Waals surface area contributed by atoms with Crippen molar-refractivity contribution in [1.82, 2.24) is 0 Å². The van der Waals surface area contributed by atoms with Gasteiger partial charge in [0.1, 0.15) is 5.75 Å². The predicted octanol–water partition coefficient (Wildman–Crippen LogP) is 2.50. The number of sulfone groups is 1. The topological polar surface area (TPSA) is 60.4 Å². The molecule has 0 bridgehead atoms. The number of hydrogen-bond acceptors (Lipinski definition) is 4. The summed E-state index contributed by atoms with van der Waals surface area (Å²) in [6, 6.07) is 5.80. The number of methoxy groups -OCH3 is 1. The molecule has 94 valence electrons. The lowest BCUT2D eigenvalue weighted by molar-refractivity contribution is -0.115. The fourth-order valence-corrected chi connectivity index (χ4v) is 3.38. The molecule has 0 aliphatic heterocycles. The van der Waals surface area contributed by atoms with Crippen LogP contribution in [0.4, 0.5) is 0 Å². The SMILES string of the molecule is COc1ccc(S(=O)(=O)[13C](Br)(Br)[13C](C)=O)cc1. The van der Waals surface area contributed by atoms with Crippen LogP contribution in [0.2, 0.25) is 0 Å². The summed E-state index contributed by atoms with van der Waals surface area (Å²) >= 11 is 5.78. The van der Waals surface area contributed by atoms with E-state index in [1.807, 2.05) is 0 Å². The first kappa shape index (κ1) is 14.7. The standard InChI is InChI=1S/C10H10Br2O4S/c1-7(13)10(11,12)17(14,15)9-5-3-8(16-2)4-6-9/h3-6H,1-2H3/i7+1,10+1. The third-order valence-electron chi connectivity index (χ3n) is 2.12. The molecule has 0 radical (unpaired) electrons. The third-order valence-corrected chi connectivity index (χ3v) is 7.65. The molecular formula is C10H10Br2O4S. The largest absolute Gasteiger partial charge is 0.497 e. The van der Waals surface area contributed by atoms with Crippen LogP contribution in [0.25, 0.3) is 0 Å². The second-order valence-electron chi connectivity index (χ2n) is 3.25. The number of halogens is 2. The summed E-state index contributed by atoms with van der Waals surface area (Å²) in [5, 5.41) is 0. The molecule has 17 heavy (non-hydrogen) atoms. The van der Waals surface area contributed by atoms with E-state index in [9.17, 15) is 13.2 Å². The van der Waals surface area contributed by atoms with Gasteiger partial charge in [-0.1, -0.05) is 0 Å². The molecule has 0 saturated carbocycles. The molecule has 0 N–H and O–H groups in total. The van der Waals surface area contributed by atoms with Gasteiger partial charge in [-0.15, -0.1) is 0 Å². The molecule has 0 spiro atoms. The first-order valence-corrected chi connectivity index (χ1v) is 7.58. The van der Waals surface area contributed by atoms with Crippen LogP contribution in [0.1, 0.15) is 6.92 Å². The fourth-order valence-electron chi connectivity index (χ4n) is 1.09. The Kier molecular flexibility index (Phi) is 4.38. The number of Topliss-reactive ketones (excluding diaryl/α,β-unsaturated/α-hetero) is 1. The number of ketones is 1. The molecule has 0 atom stereocenters. The maximum atomic E-state index is 12.1. The van der Waals surface area contributed by atoms with Gasteiger partial charge in [0.2, 0.25) is 12.4 Å². The number of carbonyl (C=O) groups is 1. The number of rotatable bonds is 4. The van der Waals surface area contributed by atoms with Crippen molar-refractivity contribution in [2.24, 2.45) is 0 Å². The van der Waals surface area contributed by atoms with Crippen molar-refractivity contribution in [2.45, 2.75) is 14.4 Å². The lowest BCUT2D eigenvalue weighted by Crippen LogP contribution is -2.32. The summed E-state index contributed by atoms with van der Waals surface area (Å²) < 4.78 is 27.4. The first-order chi connectivity index (χ1) is 7.73. The van der Waals surface area contributed by atoms with E-state index in [1.54, 1.807) is 0 Å². The zero-order valence-electron chi connectivity index (χ0n) is 9.11. The highest BCUT2D eigenvalue weighted by molar-refractivity contribution is 9.28. The zero-order chi connectivity index (χ0) is 13.3. The van der Waals surface area contributed by atoms with Crippen molar-refractivity contribution in [3.63, 3.8) is 0 Å². The lowest BCUT2D eigenvalue weighted by Gasteiger charge is -2.17. The Morgan fingerprint density at radius 3 is 2.06 bits per heavy atom. The highest BCUT2D eigenvalue weighted by Crippen LogP contribution is 2.38. The van der Waals surface area contributed by atoms with Crippen LogP contribution in [0, 0.1) is 0 Å². The third kappa shape index (κ3) is 2.71. The van der Waals surface area contributed by atoms with Gasteiger partial charge in [0.25, 0.3) is 0 Å². The van der Waals surface area contributed by atoms with Crippen LogP contribution in [-0.4, -0.2) is 23.9 Å². The van der Waals surface area contributed by atoms with Gasteiger partial charge in [-0.3, -0.25) is 4.79 Å². The van der Waals surface area contributed by atoms with Gasteiger partial charge in [0.15, 0.2) is 5.78 Å². The summed E-state index contributed by atoms with van der Waals surface area (Å²) in [5.74, 6) is -0.00478. The van der Waals surface area contributed by atoms with Crippen molar-refractivity contribution in [3.8, 4) is 5.75 Å². The monoisotopic (exact) mass is 386 g/mol. The Morgan fingerprint density at radius 2 is 1.71 bits per heavy atom. The zero-order valence-corrected chi connectivity index (χ0v) is 13.1. The summed E-state index contributed by atoms with van der Waals surface area (Å²) in [6.45, 7) is 1.19. The number of hydrogen-bond donors (Lipinski definition) is 0. The molecule has 0 unspecified atom stereocenters. The number of carbonyl (C=O) groups excluding carboxylic acids is 1. The molecule has 0 heterocycles. The molecule has 0 fully saturated rings. The van der Waals surface area contributed by atoms with E-state index >= 15 is 0 Å². The van der Waals surface area contributed by atoms with E-state index in [0.717, 1.165) is 0 Å². The minimum absolute atomic E-state index is 0.0299. The quantitative estimate of drug-likeness (QED) is 0.588. The fraction of sp³-hybridized carbons (Fsp3) is 0.300. The predicted molar refractivity (Wildman–Crippen MR) is 71.4 cm³/mol.